The molecule has 0 amide bonds. The third kappa shape index (κ3) is 6.07. The molecule has 1 heterocycles. The number of alkyl halides is 4. The molecule has 0 radical (unpaired) electrons. The Morgan fingerprint density at radius 1 is 1.41 bits per heavy atom. The summed E-state index contributed by atoms with van der Waals surface area (Å²) in [4.78, 5) is 1.39. The van der Waals surface area contributed by atoms with Crippen LogP contribution >= 0.6 is 15.9 Å². The van der Waals surface area contributed by atoms with Gasteiger partial charge in [0.2, 0.25) is 0 Å². The van der Waals surface area contributed by atoms with Crippen molar-refractivity contribution < 1.29 is 13.2 Å². The highest BCUT2D eigenvalue weighted by Crippen LogP contribution is 2.16. The van der Waals surface area contributed by atoms with Crippen molar-refractivity contribution in [2.75, 3.05) is 25.0 Å². The van der Waals surface area contributed by atoms with Crippen LogP contribution in [0.1, 0.15) is 5.56 Å². The number of nitrogens with zero attached hydrogens (tertiary/aromatic N) is 3. The second kappa shape index (κ2) is 6.39. The summed E-state index contributed by atoms with van der Waals surface area (Å²) in [5, 5.41) is 4.52. The molecule has 0 aliphatic carbocycles. The van der Waals surface area contributed by atoms with Gasteiger partial charge in [-0.1, -0.05) is 15.9 Å². The fourth-order valence-electron chi connectivity index (χ4n) is 1.53. The Morgan fingerprint density at radius 2 is 2.12 bits per heavy atom. The van der Waals surface area contributed by atoms with E-state index in [4.69, 9.17) is 0 Å². The Labute approximate surface area is 107 Å². The molecule has 0 saturated carbocycles. The van der Waals surface area contributed by atoms with Crippen LogP contribution in [0.2, 0.25) is 0 Å². The van der Waals surface area contributed by atoms with E-state index in [9.17, 15) is 13.2 Å². The van der Waals surface area contributed by atoms with Gasteiger partial charge in [0.15, 0.2) is 0 Å². The maximum absolute atomic E-state index is 12.3. The van der Waals surface area contributed by atoms with Crippen molar-refractivity contribution in [3.63, 3.8) is 0 Å². The first kappa shape index (κ1) is 14.5. The number of aromatic nitrogens is 2. The number of aryl methyl sites for hydroxylation is 1. The van der Waals surface area contributed by atoms with Crippen molar-refractivity contribution >= 4 is 15.9 Å². The summed E-state index contributed by atoms with van der Waals surface area (Å²) in [7, 11) is 1.79. The molecule has 0 aliphatic heterocycles. The molecule has 1 aromatic rings. The van der Waals surface area contributed by atoms with Gasteiger partial charge in [-0.15, -0.1) is 0 Å². The van der Waals surface area contributed by atoms with Crippen LogP contribution in [0, 0.1) is 0 Å². The van der Waals surface area contributed by atoms with Gasteiger partial charge in [0, 0.05) is 31.7 Å². The first-order chi connectivity index (χ1) is 7.90. The Kier molecular flexibility index (Phi) is 5.45. The molecule has 0 aromatic carbocycles. The van der Waals surface area contributed by atoms with Gasteiger partial charge in [-0.2, -0.15) is 18.3 Å². The Hall–Kier alpha value is -0.560. The van der Waals surface area contributed by atoms with E-state index < -0.39 is 12.7 Å². The molecule has 0 N–H and O–H groups in total. The van der Waals surface area contributed by atoms with Crippen LogP contribution in [0.4, 0.5) is 13.2 Å². The lowest BCUT2D eigenvalue weighted by molar-refractivity contribution is -0.145. The zero-order valence-corrected chi connectivity index (χ0v) is 11.1. The Bertz CT molecular complexity index is 338. The van der Waals surface area contributed by atoms with Gasteiger partial charge in [0.05, 0.1) is 12.7 Å². The minimum Gasteiger partial charge on any atom is -0.294 e. The summed E-state index contributed by atoms with van der Waals surface area (Å²) in [6, 6.07) is 0. The van der Waals surface area contributed by atoms with E-state index in [1.54, 1.807) is 17.9 Å². The molecule has 0 unspecified atom stereocenters. The minimum atomic E-state index is -4.14. The summed E-state index contributed by atoms with van der Waals surface area (Å²) in [5.41, 5.74) is 0.953. The molecule has 1 rings (SSSR count). The highest BCUT2D eigenvalue weighted by Gasteiger charge is 2.30. The van der Waals surface area contributed by atoms with Crippen molar-refractivity contribution in [2.45, 2.75) is 12.6 Å². The lowest BCUT2D eigenvalue weighted by Crippen LogP contribution is -2.36. The monoisotopic (exact) mass is 313 g/mol. The maximum atomic E-state index is 12.3. The largest absolute Gasteiger partial charge is 0.401 e. The predicted molar refractivity (Wildman–Crippen MR) is 63.2 cm³/mol. The van der Waals surface area contributed by atoms with E-state index in [0.29, 0.717) is 24.8 Å². The first-order valence-electron chi connectivity index (χ1n) is 5.23. The van der Waals surface area contributed by atoms with Crippen LogP contribution in [0.15, 0.2) is 12.4 Å². The summed E-state index contributed by atoms with van der Waals surface area (Å²) >= 11 is 3.16. The molecule has 1 aromatic heterocycles. The quantitative estimate of drug-likeness (QED) is 0.751. The predicted octanol–water partition coefficient (Wildman–Crippen LogP) is 2.22. The summed E-state index contributed by atoms with van der Waals surface area (Å²) < 4.78 is 38.5. The molecular formula is C10H15BrF3N3. The number of hydrogen-bond donors (Lipinski definition) is 0. The van der Waals surface area contributed by atoms with Crippen LogP contribution in [-0.2, 0) is 13.5 Å². The molecule has 7 heteroatoms. The van der Waals surface area contributed by atoms with Gasteiger partial charge >= 0.3 is 6.18 Å². The van der Waals surface area contributed by atoms with Crippen molar-refractivity contribution in [1.82, 2.24) is 14.7 Å². The standard InChI is InChI=1S/C10H15BrF3N3/c1-16-7-9(6-15-16)2-4-17(5-3-11)8-10(12,13)14/h6-7H,2-5,8H2,1H3. The fraction of sp³-hybridized carbons (Fsp3) is 0.700. The second-order valence-corrected chi connectivity index (χ2v) is 4.65. The van der Waals surface area contributed by atoms with Crippen molar-refractivity contribution in [3.05, 3.63) is 18.0 Å². The summed E-state index contributed by atoms with van der Waals surface area (Å²) in [6.45, 7) is -0.0879. The molecule has 0 spiro atoms. The molecule has 3 nitrogen and oxygen atoms in total. The minimum absolute atomic E-state index is 0.386. The smallest absolute Gasteiger partial charge is 0.294 e. The van der Waals surface area contributed by atoms with Gasteiger partial charge in [-0.05, 0) is 12.0 Å². The SMILES string of the molecule is Cn1cc(CCN(CCBr)CC(F)(F)F)cn1. The van der Waals surface area contributed by atoms with Gasteiger partial charge in [0.25, 0.3) is 0 Å². The van der Waals surface area contributed by atoms with Gasteiger partial charge in [-0.3, -0.25) is 9.58 Å². The average molecular weight is 314 g/mol. The third-order valence-electron chi connectivity index (χ3n) is 2.28. The van der Waals surface area contributed by atoms with Crippen LogP contribution in [0.3, 0.4) is 0 Å². The van der Waals surface area contributed by atoms with E-state index in [2.05, 4.69) is 21.0 Å². The van der Waals surface area contributed by atoms with Crippen molar-refractivity contribution in [2.24, 2.45) is 7.05 Å². The van der Waals surface area contributed by atoms with E-state index in [-0.39, 0.29) is 0 Å². The molecule has 0 aliphatic rings. The fourth-order valence-corrected chi connectivity index (χ4v) is 2.03. The number of rotatable bonds is 6. The summed E-state index contributed by atoms with van der Waals surface area (Å²) in [6.07, 6.45) is -0.0617. The zero-order chi connectivity index (χ0) is 12.9. The maximum Gasteiger partial charge on any atom is 0.401 e. The van der Waals surface area contributed by atoms with Gasteiger partial charge in [0.1, 0.15) is 0 Å². The normalized spacial score (nSPS) is 12.4. The van der Waals surface area contributed by atoms with Gasteiger partial charge < -0.3 is 0 Å². The van der Waals surface area contributed by atoms with Crippen molar-refractivity contribution in [1.29, 1.82) is 0 Å². The number of hydrogen-bond acceptors (Lipinski definition) is 2. The summed E-state index contributed by atoms with van der Waals surface area (Å²) in [5.74, 6) is 0. The highest BCUT2D eigenvalue weighted by atomic mass is 79.9. The van der Waals surface area contributed by atoms with E-state index in [1.807, 2.05) is 6.20 Å². The second-order valence-electron chi connectivity index (χ2n) is 3.85. The highest BCUT2D eigenvalue weighted by molar-refractivity contribution is 9.09. The molecule has 0 atom stereocenters. The lowest BCUT2D eigenvalue weighted by Gasteiger charge is -2.22. The van der Waals surface area contributed by atoms with Crippen LogP contribution in [0.25, 0.3) is 0 Å². The third-order valence-corrected chi connectivity index (χ3v) is 2.63. The first-order valence-corrected chi connectivity index (χ1v) is 6.35. The van der Waals surface area contributed by atoms with Crippen molar-refractivity contribution in [3.8, 4) is 0 Å². The average Bonchev–Trinajstić information content (AvgIpc) is 2.59. The molecule has 0 fully saturated rings. The lowest BCUT2D eigenvalue weighted by atomic mass is 10.2. The molecular weight excluding hydrogens is 299 g/mol. The topological polar surface area (TPSA) is 21.1 Å². The number of halogens is 4. The Balaban J connectivity index is 2.44. The molecule has 98 valence electrons. The van der Waals surface area contributed by atoms with E-state index in [0.717, 1.165) is 5.56 Å². The van der Waals surface area contributed by atoms with E-state index in [1.165, 1.54) is 4.90 Å². The zero-order valence-electron chi connectivity index (χ0n) is 9.54. The molecule has 0 saturated heterocycles. The van der Waals surface area contributed by atoms with Crippen LogP contribution in [0.5, 0.6) is 0 Å². The molecule has 17 heavy (non-hydrogen) atoms. The Morgan fingerprint density at radius 3 is 2.59 bits per heavy atom. The van der Waals surface area contributed by atoms with Crippen LogP contribution in [-0.4, -0.2) is 45.8 Å². The van der Waals surface area contributed by atoms with Crippen LogP contribution < -0.4 is 0 Å². The van der Waals surface area contributed by atoms with Gasteiger partial charge in [-0.25, -0.2) is 0 Å². The van der Waals surface area contributed by atoms with E-state index >= 15 is 0 Å². The molecule has 0 bridgehead atoms.